The zero-order valence-corrected chi connectivity index (χ0v) is 15.0. The average molecular weight is 363 g/mol. The highest BCUT2D eigenvalue weighted by Crippen LogP contribution is 2.16. The molecule has 1 aliphatic rings. The molecule has 25 heavy (non-hydrogen) atoms. The molecule has 0 saturated carbocycles. The first-order chi connectivity index (χ1) is 12.0. The number of terminal acetylenes is 1. The van der Waals surface area contributed by atoms with Crippen LogP contribution in [0, 0.1) is 18.2 Å². The van der Waals surface area contributed by atoms with E-state index in [1.165, 1.54) is 36.0 Å². The third-order valence-corrected chi connectivity index (χ3v) is 5.07. The lowest BCUT2D eigenvalue weighted by Gasteiger charge is -2.34. The second kappa shape index (κ2) is 9.44. The monoisotopic (exact) mass is 363 g/mol. The van der Waals surface area contributed by atoms with Gasteiger partial charge in [0.15, 0.2) is 0 Å². The van der Waals surface area contributed by atoms with Crippen molar-refractivity contribution in [1.29, 1.82) is 0 Å². The minimum atomic E-state index is -0.353. The van der Waals surface area contributed by atoms with Crippen molar-refractivity contribution in [3.05, 3.63) is 30.1 Å². The van der Waals surface area contributed by atoms with Crippen LogP contribution in [0.1, 0.15) is 6.92 Å². The van der Waals surface area contributed by atoms with Crippen LogP contribution in [0.2, 0.25) is 0 Å². The van der Waals surface area contributed by atoms with E-state index in [-0.39, 0.29) is 28.6 Å². The number of rotatable bonds is 6. The molecule has 7 heteroatoms. The summed E-state index contributed by atoms with van der Waals surface area (Å²) in [7, 11) is 0. The topological polar surface area (TPSA) is 52.7 Å². The maximum atomic E-state index is 12.8. The van der Waals surface area contributed by atoms with Gasteiger partial charge in [-0.25, -0.2) is 4.39 Å². The quantitative estimate of drug-likeness (QED) is 0.781. The molecule has 0 radical (unpaired) electrons. The third-order valence-electron chi connectivity index (χ3n) is 3.94. The summed E-state index contributed by atoms with van der Waals surface area (Å²) < 4.78 is 12.8. The van der Waals surface area contributed by atoms with E-state index in [0.717, 1.165) is 13.1 Å². The Morgan fingerprint density at radius 1 is 1.28 bits per heavy atom. The summed E-state index contributed by atoms with van der Waals surface area (Å²) in [6.07, 6.45) is 5.30. The molecule has 1 saturated heterocycles. The number of amides is 2. The summed E-state index contributed by atoms with van der Waals surface area (Å²) in [6.45, 7) is 5.29. The summed E-state index contributed by atoms with van der Waals surface area (Å²) in [6, 6.07) is 5.58. The number of thioether (sulfide) groups is 1. The van der Waals surface area contributed by atoms with Crippen LogP contribution < -0.4 is 5.32 Å². The highest BCUT2D eigenvalue weighted by atomic mass is 32.2. The average Bonchev–Trinajstić information content (AvgIpc) is 2.62. The van der Waals surface area contributed by atoms with E-state index in [1.54, 1.807) is 0 Å². The van der Waals surface area contributed by atoms with Crippen molar-refractivity contribution in [2.24, 2.45) is 0 Å². The van der Waals surface area contributed by atoms with E-state index < -0.39 is 0 Å². The fraction of sp³-hybridized carbons (Fsp3) is 0.444. The Kier molecular flexibility index (Phi) is 7.29. The van der Waals surface area contributed by atoms with Gasteiger partial charge in [-0.2, -0.15) is 0 Å². The van der Waals surface area contributed by atoms with Crippen molar-refractivity contribution in [2.75, 3.05) is 43.8 Å². The van der Waals surface area contributed by atoms with Crippen molar-refractivity contribution in [3.8, 4) is 12.3 Å². The SMILES string of the molecule is C#CCN1CCN(C(=O)C(C)SCC(=O)Nc2ccc(F)cc2)CC1. The Morgan fingerprint density at radius 3 is 2.52 bits per heavy atom. The molecule has 0 aliphatic carbocycles. The van der Waals surface area contributed by atoms with Crippen molar-refractivity contribution < 1.29 is 14.0 Å². The minimum absolute atomic E-state index is 0.0416. The fourth-order valence-corrected chi connectivity index (χ4v) is 3.28. The number of halogens is 1. The molecule has 5 nitrogen and oxygen atoms in total. The molecule has 0 aromatic heterocycles. The van der Waals surface area contributed by atoms with E-state index >= 15 is 0 Å². The third kappa shape index (κ3) is 6.07. The van der Waals surface area contributed by atoms with Gasteiger partial charge in [-0.3, -0.25) is 14.5 Å². The molecule has 1 aromatic rings. The smallest absolute Gasteiger partial charge is 0.235 e. The Bertz CT molecular complexity index is 637. The van der Waals surface area contributed by atoms with Crippen LogP contribution >= 0.6 is 11.8 Å². The lowest BCUT2D eigenvalue weighted by Crippen LogP contribution is -2.50. The van der Waals surface area contributed by atoms with Gasteiger partial charge in [0, 0.05) is 31.9 Å². The molecule has 1 heterocycles. The number of hydrogen-bond donors (Lipinski definition) is 1. The van der Waals surface area contributed by atoms with Crippen LogP contribution in [-0.2, 0) is 9.59 Å². The van der Waals surface area contributed by atoms with Crippen LogP contribution in [0.5, 0.6) is 0 Å². The Labute approximate surface area is 151 Å². The lowest BCUT2D eigenvalue weighted by atomic mass is 10.3. The number of hydrogen-bond acceptors (Lipinski definition) is 4. The van der Waals surface area contributed by atoms with Gasteiger partial charge in [-0.1, -0.05) is 5.92 Å². The number of benzene rings is 1. The lowest BCUT2D eigenvalue weighted by molar-refractivity contribution is -0.131. The highest BCUT2D eigenvalue weighted by molar-refractivity contribution is 8.01. The maximum Gasteiger partial charge on any atom is 0.235 e. The van der Waals surface area contributed by atoms with E-state index in [2.05, 4.69) is 16.1 Å². The Morgan fingerprint density at radius 2 is 1.92 bits per heavy atom. The zero-order valence-electron chi connectivity index (χ0n) is 14.2. The maximum absolute atomic E-state index is 12.8. The molecular weight excluding hydrogens is 341 g/mol. The van der Waals surface area contributed by atoms with Gasteiger partial charge in [-0.05, 0) is 31.2 Å². The van der Waals surface area contributed by atoms with Crippen molar-refractivity contribution >= 4 is 29.3 Å². The first kappa shape index (κ1) is 19.3. The summed E-state index contributed by atoms with van der Waals surface area (Å²) in [4.78, 5) is 28.3. The van der Waals surface area contributed by atoms with Crippen LogP contribution in [0.3, 0.4) is 0 Å². The molecule has 1 atom stereocenters. The van der Waals surface area contributed by atoms with Crippen LogP contribution in [0.25, 0.3) is 0 Å². The summed E-state index contributed by atoms with van der Waals surface area (Å²) >= 11 is 1.30. The van der Waals surface area contributed by atoms with Crippen LogP contribution in [0.15, 0.2) is 24.3 Å². The van der Waals surface area contributed by atoms with E-state index in [4.69, 9.17) is 6.42 Å². The number of anilines is 1. The summed E-state index contributed by atoms with van der Waals surface area (Å²) in [5, 5.41) is 2.39. The first-order valence-corrected chi connectivity index (χ1v) is 9.16. The molecular formula is C18H22FN3O2S. The number of nitrogens with zero attached hydrogens (tertiary/aromatic N) is 2. The predicted octanol–water partition coefficient (Wildman–Crippen LogP) is 1.66. The zero-order chi connectivity index (χ0) is 18.2. The minimum Gasteiger partial charge on any atom is -0.339 e. The molecule has 0 bridgehead atoms. The molecule has 1 aliphatic heterocycles. The first-order valence-electron chi connectivity index (χ1n) is 8.11. The molecule has 1 unspecified atom stereocenters. The molecule has 1 N–H and O–H groups in total. The molecule has 2 amide bonds. The standard InChI is InChI=1S/C18H22FN3O2S/c1-3-8-21-9-11-22(12-10-21)18(24)14(2)25-13-17(23)20-16-6-4-15(19)5-7-16/h1,4-7,14H,8-13H2,2H3,(H,20,23). The number of nitrogens with one attached hydrogen (secondary N) is 1. The Hall–Kier alpha value is -2.04. The number of carbonyl (C=O) groups excluding carboxylic acids is 2. The largest absolute Gasteiger partial charge is 0.339 e. The van der Waals surface area contributed by atoms with Gasteiger partial charge >= 0.3 is 0 Å². The number of piperazine rings is 1. The van der Waals surface area contributed by atoms with Crippen LogP contribution in [0.4, 0.5) is 10.1 Å². The van der Waals surface area contributed by atoms with Crippen molar-refractivity contribution in [1.82, 2.24) is 9.80 Å². The van der Waals surface area contributed by atoms with Gasteiger partial charge in [-0.15, -0.1) is 18.2 Å². The molecule has 0 spiro atoms. The second-order valence-electron chi connectivity index (χ2n) is 5.81. The van der Waals surface area contributed by atoms with Gasteiger partial charge < -0.3 is 10.2 Å². The molecule has 2 rings (SSSR count). The molecule has 1 aromatic carbocycles. The van der Waals surface area contributed by atoms with E-state index in [0.29, 0.717) is 25.3 Å². The van der Waals surface area contributed by atoms with Crippen molar-refractivity contribution in [2.45, 2.75) is 12.2 Å². The predicted molar refractivity (Wildman–Crippen MR) is 98.8 cm³/mol. The fourth-order valence-electron chi connectivity index (χ4n) is 2.51. The Balaban J connectivity index is 1.73. The van der Waals surface area contributed by atoms with Gasteiger partial charge in [0.05, 0.1) is 17.5 Å². The number of carbonyl (C=O) groups is 2. The van der Waals surface area contributed by atoms with Gasteiger partial charge in [0.25, 0.3) is 0 Å². The van der Waals surface area contributed by atoms with Gasteiger partial charge in [0.2, 0.25) is 11.8 Å². The van der Waals surface area contributed by atoms with E-state index in [1.807, 2.05) is 11.8 Å². The highest BCUT2D eigenvalue weighted by Gasteiger charge is 2.25. The second-order valence-corrected chi connectivity index (χ2v) is 7.14. The normalized spacial score (nSPS) is 16.1. The van der Waals surface area contributed by atoms with Crippen LogP contribution in [-0.4, -0.2) is 65.3 Å². The van der Waals surface area contributed by atoms with Crippen molar-refractivity contribution in [3.63, 3.8) is 0 Å². The summed E-state index contributed by atoms with van der Waals surface area (Å²) in [5.41, 5.74) is 0.538. The summed E-state index contributed by atoms with van der Waals surface area (Å²) in [5.74, 6) is 2.26. The van der Waals surface area contributed by atoms with E-state index in [9.17, 15) is 14.0 Å². The molecule has 1 fully saturated rings. The molecule has 134 valence electrons. The van der Waals surface area contributed by atoms with Gasteiger partial charge in [0.1, 0.15) is 5.82 Å².